The fourth-order valence-electron chi connectivity index (χ4n) is 4.04. The van der Waals surface area contributed by atoms with Crippen LogP contribution < -0.4 is 0 Å². The second-order valence-electron chi connectivity index (χ2n) is 7.45. The van der Waals surface area contributed by atoms with Crippen LogP contribution in [0.5, 0.6) is 0 Å². The molecule has 0 heterocycles. The van der Waals surface area contributed by atoms with Crippen LogP contribution in [0.3, 0.4) is 0 Å². The maximum Gasteiger partial charge on any atom is 0.0431 e. The summed E-state index contributed by atoms with van der Waals surface area (Å²) in [7, 11) is 0. The second-order valence-corrected chi connectivity index (χ2v) is 7.45. The molecule has 0 aromatic heterocycles. The highest BCUT2D eigenvalue weighted by molar-refractivity contribution is 4.66. The van der Waals surface area contributed by atoms with Crippen molar-refractivity contribution in [2.24, 2.45) is 11.8 Å². The summed E-state index contributed by atoms with van der Waals surface area (Å²) in [6.45, 7) is 0.763. The minimum atomic E-state index is 0.382. The van der Waals surface area contributed by atoms with E-state index < -0.39 is 0 Å². The molecule has 2 fully saturated rings. The molecule has 0 aliphatic heterocycles. The van der Waals surface area contributed by atoms with Gasteiger partial charge in [-0.25, -0.2) is 0 Å². The van der Waals surface area contributed by atoms with Crippen molar-refractivity contribution in [2.45, 2.75) is 103 Å². The van der Waals surface area contributed by atoms with Gasteiger partial charge >= 0.3 is 0 Å². The highest BCUT2D eigenvalue weighted by atomic mass is 16.3. The van der Waals surface area contributed by atoms with Crippen molar-refractivity contribution in [3.8, 4) is 0 Å². The van der Waals surface area contributed by atoms with Gasteiger partial charge in [-0.15, -0.1) is 0 Å². The zero-order chi connectivity index (χ0) is 15.9. The summed E-state index contributed by atoms with van der Waals surface area (Å²) < 4.78 is 0. The number of unbranched alkanes of at least 4 members (excludes halogenated alkanes) is 2. The molecular weight excluding hydrogens is 272 g/mol. The fourth-order valence-corrected chi connectivity index (χ4v) is 4.04. The van der Waals surface area contributed by atoms with Gasteiger partial charge in [0.1, 0.15) is 0 Å². The largest absolute Gasteiger partial charge is 0.396 e. The minimum absolute atomic E-state index is 0.382. The summed E-state index contributed by atoms with van der Waals surface area (Å²) in [5, 5.41) is 17.2. The van der Waals surface area contributed by atoms with E-state index in [1.54, 1.807) is 0 Å². The average molecular weight is 313 g/mol. The Bertz CT molecular complexity index is 194. The molecule has 132 valence electrons. The Hall–Kier alpha value is -0.0800. The smallest absolute Gasteiger partial charge is 0.0431 e. The number of rotatable bonds is 8. The van der Waals surface area contributed by atoms with Crippen molar-refractivity contribution in [3.63, 3.8) is 0 Å². The third-order valence-electron chi connectivity index (χ3n) is 5.49. The van der Waals surface area contributed by atoms with Gasteiger partial charge in [-0.05, 0) is 24.7 Å². The quantitative estimate of drug-likeness (QED) is 0.584. The van der Waals surface area contributed by atoms with Gasteiger partial charge < -0.3 is 10.2 Å². The first kappa shape index (κ1) is 20.0. The van der Waals surface area contributed by atoms with Crippen molar-refractivity contribution in [3.05, 3.63) is 0 Å². The molecule has 2 heteroatoms. The first-order valence-corrected chi connectivity index (χ1v) is 10.1. The van der Waals surface area contributed by atoms with Crippen molar-refractivity contribution >= 4 is 0 Å². The predicted octanol–water partition coefficient (Wildman–Crippen LogP) is 5.46. The Kier molecular flexibility index (Phi) is 13.2. The lowest BCUT2D eigenvalue weighted by atomic mass is 9.86. The van der Waals surface area contributed by atoms with Gasteiger partial charge in [0, 0.05) is 13.2 Å². The summed E-state index contributed by atoms with van der Waals surface area (Å²) in [6, 6.07) is 0. The molecule has 2 aliphatic rings. The van der Waals surface area contributed by atoms with E-state index in [2.05, 4.69) is 0 Å². The molecule has 0 atom stereocenters. The van der Waals surface area contributed by atoms with Gasteiger partial charge in [-0.2, -0.15) is 0 Å². The maximum atomic E-state index is 8.60. The Morgan fingerprint density at radius 1 is 0.500 bits per heavy atom. The van der Waals surface area contributed by atoms with Gasteiger partial charge in [-0.3, -0.25) is 0 Å². The van der Waals surface area contributed by atoms with E-state index in [9.17, 15) is 0 Å². The Morgan fingerprint density at radius 2 is 0.864 bits per heavy atom. The van der Waals surface area contributed by atoms with Crippen LogP contribution in [-0.2, 0) is 0 Å². The molecule has 0 aromatic rings. The van der Waals surface area contributed by atoms with E-state index in [1.165, 1.54) is 89.9 Å². The second kappa shape index (κ2) is 14.5. The fraction of sp³-hybridized carbons (Fsp3) is 1.00. The summed E-state index contributed by atoms with van der Waals surface area (Å²) in [4.78, 5) is 0. The first-order chi connectivity index (χ1) is 10.9. The molecule has 2 saturated carbocycles. The Labute approximate surface area is 138 Å². The third-order valence-corrected chi connectivity index (χ3v) is 5.49. The summed E-state index contributed by atoms with van der Waals surface area (Å²) >= 11 is 0. The summed E-state index contributed by atoms with van der Waals surface area (Å²) in [6.07, 6.45) is 21.7. The molecule has 22 heavy (non-hydrogen) atoms. The minimum Gasteiger partial charge on any atom is -0.396 e. The molecule has 0 saturated heterocycles. The lowest BCUT2D eigenvalue weighted by Crippen LogP contribution is -2.05. The van der Waals surface area contributed by atoms with Crippen LogP contribution >= 0.6 is 0 Å². The van der Waals surface area contributed by atoms with E-state index in [4.69, 9.17) is 10.2 Å². The van der Waals surface area contributed by atoms with Gasteiger partial charge in [0.15, 0.2) is 0 Å². The molecule has 0 bridgehead atoms. The van der Waals surface area contributed by atoms with Gasteiger partial charge in [0.25, 0.3) is 0 Å². The standard InChI is InChI=1S/2C10H20O/c2*11-9-5-4-8-10-6-2-1-3-7-10/h2*10-11H,1-9H2. The number of aliphatic hydroxyl groups excluding tert-OH is 2. The summed E-state index contributed by atoms with van der Waals surface area (Å²) in [5.74, 6) is 1.99. The van der Waals surface area contributed by atoms with Crippen molar-refractivity contribution < 1.29 is 10.2 Å². The van der Waals surface area contributed by atoms with E-state index in [0.717, 1.165) is 24.7 Å². The molecule has 0 aromatic carbocycles. The van der Waals surface area contributed by atoms with E-state index in [-0.39, 0.29) is 0 Å². The van der Waals surface area contributed by atoms with Crippen LogP contribution in [0.25, 0.3) is 0 Å². The molecule has 2 aliphatic carbocycles. The van der Waals surface area contributed by atoms with Crippen LogP contribution in [0.1, 0.15) is 103 Å². The molecule has 0 amide bonds. The van der Waals surface area contributed by atoms with Crippen LogP contribution in [0.4, 0.5) is 0 Å². The Balaban J connectivity index is 0.000000220. The van der Waals surface area contributed by atoms with E-state index in [0.29, 0.717) is 13.2 Å². The molecule has 2 rings (SSSR count). The van der Waals surface area contributed by atoms with Crippen LogP contribution in [0, 0.1) is 11.8 Å². The number of aliphatic hydroxyl groups is 2. The average Bonchev–Trinajstić information content (AvgIpc) is 2.58. The zero-order valence-corrected chi connectivity index (χ0v) is 14.8. The molecule has 2 nitrogen and oxygen atoms in total. The topological polar surface area (TPSA) is 40.5 Å². The molecule has 0 unspecified atom stereocenters. The Morgan fingerprint density at radius 3 is 1.18 bits per heavy atom. The molecule has 0 spiro atoms. The van der Waals surface area contributed by atoms with Crippen LogP contribution in [0.2, 0.25) is 0 Å². The van der Waals surface area contributed by atoms with E-state index >= 15 is 0 Å². The van der Waals surface area contributed by atoms with Gasteiger partial charge in [0.2, 0.25) is 0 Å². The SMILES string of the molecule is OCCCCC1CCCCC1.OCCCCC1CCCCC1. The van der Waals surface area contributed by atoms with Crippen LogP contribution in [-0.4, -0.2) is 23.4 Å². The van der Waals surface area contributed by atoms with Crippen molar-refractivity contribution in [1.82, 2.24) is 0 Å². The highest BCUT2D eigenvalue weighted by Crippen LogP contribution is 2.28. The molecular formula is C20H40O2. The lowest BCUT2D eigenvalue weighted by molar-refractivity contribution is 0.267. The monoisotopic (exact) mass is 312 g/mol. The highest BCUT2D eigenvalue weighted by Gasteiger charge is 2.12. The lowest BCUT2D eigenvalue weighted by Gasteiger charge is -2.20. The molecule has 2 N–H and O–H groups in total. The van der Waals surface area contributed by atoms with Gasteiger partial charge in [0.05, 0.1) is 0 Å². The van der Waals surface area contributed by atoms with E-state index in [1.807, 2.05) is 0 Å². The van der Waals surface area contributed by atoms with Gasteiger partial charge in [-0.1, -0.05) is 89.9 Å². The predicted molar refractivity (Wildman–Crippen MR) is 95.0 cm³/mol. The molecule has 0 radical (unpaired) electrons. The normalized spacial score (nSPS) is 20.5. The van der Waals surface area contributed by atoms with Crippen molar-refractivity contribution in [2.75, 3.05) is 13.2 Å². The first-order valence-electron chi connectivity index (χ1n) is 10.1. The van der Waals surface area contributed by atoms with Crippen molar-refractivity contribution in [1.29, 1.82) is 0 Å². The zero-order valence-electron chi connectivity index (χ0n) is 14.8. The number of hydrogen-bond donors (Lipinski definition) is 2. The summed E-state index contributed by atoms with van der Waals surface area (Å²) in [5.41, 5.74) is 0. The maximum absolute atomic E-state index is 8.60. The number of hydrogen-bond acceptors (Lipinski definition) is 2. The van der Waals surface area contributed by atoms with Crippen LogP contribution in [0.15, 0.2) is 0 Å². The third kappa shape index (κ3) is 10.6.